The van der Waals surface area contributed by atoms with Crippen LogP contribution in [0, 0.1) is 5.82 Å². The summed E-state index contributed by atoms with van der Waals surface area (Å²) in [5.74, 6) is 0.232. The minimum atomic E-state index is -0.291. The van der Waals surface area contributed by atoms with Crippen LogP contribution in [0.1, 0.15) is 0 Å². The van der Waals surface area contributed by atoms with Crippen LogP contribution in [-0.4, -0.2) is 30.4 Å². The molecule has 1 N–H and O–H groups in total. The summed E-state index contributed by atoms with van der Waals surface area (Å²) in [4.78, 5) is 4.45. The van der Waals surface area contributed by atoms with Crippen molar-refractivity contribution >= 4 is 39.9 Å². The van der Waals surface area contributed by atoms with Crippen LogP contribution in [0.25, 0.3) is 26.1 Å². The molecule has 0 aliphatic rings. The van der Waals surface area contributed by atoms with E-state index in [-0.39, 0.29) is 37.5 Å². The van der Waals surface area contributed by atoms with E-state index in [0.29, 0.717) is 29.5 Å². The fourth-order valence-electron chi connectivity index (χ4n) is 2.25. The molecule has 1 radical (unpaired) electrons. The summed E-state index contributed by atoms with van der Waals surface area (Å²) < 4.78 is 14.0. The van der Waals surface area contributed by atoms with Crippen LogP contribution in [0.2, 0.25) is 0 Å². The summed E-state index contributed by atoms with van der Waals surface area (Å²) >= 11 is 6.20. The molecule has 0 saturated heterocycles. The molecule has 1 aromatic heterocycles. The van der Waals surface area contributed by atoms with Gasteiger partial charge in [-0.15, -0.1) is 29.3 Å². The van der Waals surface area contributed by atoms with Gasteiger partial charge in [-0.2, -0.15) is 5.75 Å². The van der Waals surface area contributed by atoms with E-state index in [1.54, 1.807) is 12.1 Å². The molecule has 2 aromatic carbocycles. The Morgan fingerprint density at radius 2 is 2.00 bits per heavy atom. The molecule has 3 rings (SSSR count). The van der Waals surface area contributed by atoms with Crippen molar-refractivity contribution in [3.8, 4) is 16.3 Å². The first-order valence-corrected chi connectivity index (χ1v) is 8.90. The molecule has 9 heteroatoms. The maximum absolute atomic E-state index is 13.3. The third-order valence-electron chi connectivity index (χ3n) is 3.41. The van der Waals surface area contributed by atoms with E-state index in [0.717, 1.165) is 22.3 Å². The summed E-state index contributed by atoms with van der Waals surface area (Å²) in [5, 5.41) is 20.3. The smallest absolute Gasteiger partial charge is 0.124 e. The van der Waals surface area contributed by atoms with Gasteiger partial charge in [-0.25, -0.2) is 9.37 Å². The summed E-state index contributed by atoms with van der Waals surface area (Å²) in [5.41, 5.74) is 1.89. The van der Waals surface area contributed by atoms with Gasteiger partial charge in [-0.1, -0.05) is 18.2 Å². The second-order valence-corrected chi connectivity index (χ2v) is 6.59. The largest absolute Gasteiger partial charge is 2.00 e. The van der Waals surface area contributed by atoms with Crippen LogP contribution in [0.5, 0.6) is 5.75 Å². The SMILES string of the molecule is [O-2].[O-]c1cc(-c2nc3ccc(F)cc3s2)ccc1[N-]CCNCC[S-].[Re]. The Labute approximate surface area is 174 Å². The summed E-state index contributed by atoms with van der Waals surface area (Å²) in [6.45, 7) is 2.00. The van der Waals surface area contributed by atoms with E-state index in [4.69, 9.17) is 12.6 Å². The second kappa shape index (κ2) is 10.8. The standard InChI is InChI=1S/C17H17FN3OS2.O.Re/c18-12-2-4-14-16(10-12)24-17(21-14)11-1-3-13(15(22)9-11)20-6-5-19-7-8-23;;/h1-4,9-10,19H,5-8H2,(H2-,20,21,22,23);;/q-1;-2;/p-2. The molecule has 0 unspecified atom stereocenters. The monoisotopic (exact) mass is 563 g/mol. The maximum atomic E-state index is 13.3. The predicted octanol–water partition coefficient (Wildman–Crippen LogP) is 3.20. The predicted molar refractivity (Wildman–Crippen MR) is 98.1 cm³/mol. The number of halogens is 1. The quantitative estimate of drug-likeness (QED) is 0.354. The summed E-state index contributed by atoms with van der Waals surface area (Å²) in [6.07, 6.45) is 0. The minimum absolute atomic E-state index is 0. The number of nitrogens with one attached hydrogen (secondary N) is 1. The molecule has 0 atom stereocenters. The molecule has 26 heavy (non-hydrogen) atoms. The molecule has 5 nitrogen and oxygen atoms in total. The molecule has 0 aliphatic heterocycles. The van der Waals surface area contributed by atoms with E-state index in [9.17, 15) is 9.50 Å². The fourth-order valence-corrected chi connectivity index (χ4v) is 3.38. The van der Waals surface area contributed by atoms with Crippen molar-refractivity contribution in [1.82, 2.24) is 10.3 Å². The maximum Gasteiger partial charge on any atom is 0.124 e. The van der Waals surface area contributed by atoms with E-state index in [1.807, 2.05) is 6.07 Å². The molecular weight excluding hydrogens is 548 g/mol. The van der Waals surface area contributed by atoms with Gasteiger partial charge >= 0.3 is 0 Å². The third kappa shape index (κ3) is 5.64. The topological polar surface area (TPSA) is 90.6 Å². The number of hydrogen-bond donors (Lipinski definition) is 1. The van der Waals surface area contributed by atoms with Gasteiger partial charge in [0.05, 0.1) is 10.2 Å². The van der Waals surface area contributed by atoms with Crippen molar-refractivity contribution in [3.63, 3.8) is 0 Å². The first kappa shape index (κ1) is 22.8. The molecule has 0 aliphatic carbocycles. The van der Waals surface area contributed by atoms with Gasteiger partial charge in [0, 0.05) is 26.0 Å². The first-order chi connectivity index (χ1) is 11.7. The van der Waals surface area contributed by atoms with Crippen LogP contribution >= 0.6 is 11.3 Å². The molecule has 1 heterocycles. The van der Waals surface area contributed by atoms with Crippen molar-refractivity contribution in [2.24, 2.45) is 0 Å². The molecule has 0 spiro atoms. The van der Waals surface area contributed by atoms with Gasteiger partial charge < -0.3 is 33.8 Å². The van der Waals surface area contributed by atoms with Crippen LogP contribution in [0.15, 0.2) is 36.4 Å². The normalized spacial score (nSPS) is 10.2. The number of hydrogen-bond acceptors (Lipinski definition) is 5. The van der Waals surface area contributed by atoms with Crippen LogP contribution in [0.4, 0.5) is 10.1 Å². The molecule has 141 valence electrons. The van der Waals surface area contributed by atoms with Gasteiger partial charge in [0.25, 0.3) is 0 Å². The van der Waals surface area contributed by atoms with Gasteiger partial charge in [-0.3, -0.25) is 0 Å². The Hall–Kier alpha value is -1.21. The fraction of sp³-hybridized carbons (Fsp3) is 0.235. The van der Waals surface area contributed by atoms with E-state index < -0.39 is 0 Å². The minimum Gasteiger partial charge on any atom is -2.00 e. The van der Waals surface area contributed by atoms with E-state index in [1.165, 1.54) is 29.5 Å². The number of benzene rings is 2. The number of nitrogens with zero attached hydrogens (tertiary/aromatic N) is 2. The Morgan fingerprint density at radius 1 is 1.19 bits per heavy atom. The van der Waals surface area contributed by atoms with Gasteiger partial charge in [0.1, 0.15) is 10.8 Å². The van der Waals surface area contributed by atoms with Crippen molar-refractivity contribution in [3.05, 3.63) is 47.5 Å². The van der Waals surface area contributed by atoms with Crippen LogP contribution < -0.4 is 10.4 Å². The molecule has 0 fully saturated rings. The molecule has 3 aromatic rings. The number of rotatable bonds is 7. The van der Waals surface area contributed by atoms with Gasteiger partial charge in [-0.05, 0) is 31.3 Å². The average molecular weight is 563 g/mol. The average Bonchev–Trinajstić information content (AvgIpc) is 2.99. The van der Waals surface area contributed by atoms with Crippen LogP contribution in [-0.2, 0) is 38.5 Å². The molecule has 0 saturated carbocycles. The van der Waals surface area contributed by atoms with Crippen molar-refractivity contribution < 1.29 is 35.4 Å². The Bertz CT molecular complexity index is 848. The molecule has 0 amide bonds. The zero-order chi connectivity index (χ0) is 16.9. The number of thiazole rings is 1. The Morgan fingerprint density at radius 3 is 2.73 bits per heavy atom. The first-order valence-electron chi connectivity index (χ1n) is 7.51. The third-order valence-corrected chi connectivity index (χ3v) is 4.68. The zero-order valence-electron chi connectivity index (χ0n) is 13.6. The van der Waals surface area contributed by atoms with E-state index >= 15 is 0 Å². The number of aromatic nitrogens is 1. The summed E-state index contributed by atoms with van der Waals surface area (Å²) in [6, 6.07) is 9.54. The van der Waals surface area contributed by atoms with Crippen LogP contribution in [0.3, 0.4) is 0 Å². The second-order valence-electron chi connectivity index (χ2n) is 5.15. The molecular formula is C17H15FN3O2ReS2-5. The van der Waals surface area contributed by atoms with Gasteiger partial charge in [0.15, 0.2) is 0 Å². The number of fused-ring (bicyclic) bond motifs is 1. The summed E-state index contributed by atoms with van der Waals surface area (Å²) in [7, 11) is 0. The van der Waals surface area contributed by atoms with E-state index in [2.05, 4.69) is 15.6 Å². The zero-order valence-corrected chi connectivity index (χ0v) is 17.9. The van der Waals surface area contributed by atoms with Crippen molar-refractivity contribution in [2.45, 2.75) is 0 Å². The van der Waals surface area contributed by atoms with Crippen molar-refractivity contribution in [1.29, 1.82) is 0 Å². The molecule has 0 bridgehead atoms. The Kier molecular flexibility index (Phi) is 9.51. The Balaban J connectivity index is 0.00000169. The van der Waals surface area contributed by atoms with Crippen molar-refractivity contribution in [2.75, 3.05) is 25.4 Å². The van der Waals surface area contributed by atoms with Gasteiger partial charge in [0.2, 0.25) is 0 Å².